The molecule has 25 heavy (non-hydrogen) atoms. The van der Waals surface area contributed by atoms with Gasteiger partial charge in [0.05, 0.1) is 16.0 Å². The predicted octanol–water partition coefficient (Wildman–Crippen LogP) is 3.43. The maximum atomic E-state index is 13.1. The van der Waals surface area contributed by atoms with E-state index in [0.29, 0.717) is 4.88 Å². The molecule has 5 nitrogen and oxygen atoms in total. The van der Waals surface area contributed by atoms with E-state index in [0.717, 1.165) is 12.1 Å². The lowest BCUT2D eigenvalue weighted by Crippen LogP contribution is -2.31. The first-order valence-electron chi connectivity index (χ1n) is 7.33. The first kappa shape index (κ1) is 17.4. The number of amides is 1. The average molecular weight is 379 g/mol. The fourth-order valence-electron chi connectivity index (χ4n) is 2.31. The van der Waals surface area contributed by atoms with Crippen LogP contribution in [0.15, 0.2) is 69.5 Å². The van der Waals surface area contributed by atoms with Gasteiger partial charge in [-0.3, -0.25) is 4.79 Å². The molecule has 0 aliphatic rings. The number of halogens is 1. The lowest BCUT2D eigenvalue weighted by Gasteiger charge is -2.16. The van der Waals surface area contributed by atoms with Crippen molar-refractivity contribution in [3.63, 3.8) is 0 Å². The number of furan rings is 1. The summed E-state index contributed by atoms with van der Waals surface area (Å²) >= 11 is 1.26. The largest absolute Gasteiger partial charge is 0.468 e. The number of rotatable bonds is 6. The van der Waals surface area contributed by atoms with E-state index in [2.05, 4.69) is 5.32 Å². The SMILES string of the molecule is O=C(NC[C@H](c1ccco1)S(=O)(=O)c1ccc(F)cc1)c1cccs1. The zero-order chi connectivity index (χ0) is 17.9. The average Bonchev–Trinajstić information content (AvgIpc) is 3.29. The first-order valence-corrected chi connectivity index (χ1v) is 9.75. The smallest absolute Gasteiger partial charge is 0.261 e. The van der Waals surface area contributed by atoms with Crippen LogP contribution in [0.5, 0.6) is 0 Å². The Morgan fingerprint density at radius 3 is 2.52 bits per heavy atom. The van der Waals surface area contributed by atoms with Crippen molar-refractivity contribution in [1.29, 1.82) is 0 Å². The highest BCUT2D eigenvalue weighted by atomic mass is 32.2. The summed E-state index contributed by atoms with van der Waals surface area (Å²) in [6, 6.07) is 11.0. The topological polar surface area (TPSA) is 76.4 Å². The summed E-state index contributed by atoms with van der Waals surface area (Å²) < 4.78 is 44.2. The molecule has 130 valence electrons. The number of thiophene rings is 1. The Bertz CT molecular complexity index is 933. The molecule has 1 aromatic carbocycles. The third kappa shape index (κ3) is 3.80. The molecule has 2 heterocycles. The molecule has 0 fully saturated rings. The van der Waals surface area contributed by atoms with E-state index < -0.39 is 20.9 Å². The zero-order valence-electron chi connectivity index (χ0n) is 12.9. The molecule has 1 amide bonds. The van der Waals surface area contributed by atoms with Crippen molar-refractivity contribution < 1.29 is 22.0 Å². The molecule has 0 aliphatic carbocycles. The Labute approximate surface area is 148 Å². The molecule has 1 atom stereocenters. The van der Waals surface area contributed by atoms with Crippen LogP contribution in [-0.2, 0) is 9.84 Å². The van der Waals surface area contributed by atoms with Gasteiger partial charge in [0, 0.05) is 6.54 Å². The molecular weight excluding hydrogens is 365 g/mol. The predicted molar refractivity (Wildman–Crippen MR) is 91.7 cm³/mol. The zero-order valence-corrected chi connectivity index (χ0v) is 14.5. The highest BCUT2D eigenvalue weighted by Gasteiger charge is 2.32. The molecule has 0 radical (unpaired) electrons. The number of carbonyl (C=O) groups is 1. The van der Waals surface area contributed by atoms with E-state index in [1.807, 2.05) is 0 Å². The van der Waals surface area contributed by atoms with Crippen LogP contribution in [0.4, 0.5) is 4.39 Å². The van der Waals surface area contributed by atoms with Gasteiger partial charge < -0.3 is 9.73 Å². The maximum Gasteiger partial charge on any atom is 0.261 e. The lowest BCUT2D eigenvalue weighted by molar-refractivity contribution is 0.0957. The molecular formula is C17H14FNO4S2. The van der Waals surface area contributed by atoms with Crippen LogP contribution in [0.3, 0.4) is 0 Å². The molecule has 2 aromatic heterocycles. The number of carbonyl (C=O) groups excluding carboxylic acids is 1. The van der Waals surface area contributed by atoms with E-state index in [9.17, 15) is 17.6 Å². The van der Waals surface area contributed by atoms with Gasteiger partial charge in [0.15, 0.2) is 9.84 Å². The maximum absolute atomic E-state index is 13.1. The van der Waals surface area contributed by atoms with Crippen molar-refractivity contribution in [2.24, 2.45) is 0 Å². The minimum absolute atomic E-state index is 0.0410. The Kier molecular flexibility index (Phi) is 5.00. The van der Waals surface area contributed by atoms with Crippen molar-refractivity contribution in [1.82, 2.24) is 5.32 Å². The van der Waals surface area contributed by atoms with E-state index in [4.69, 9.17) is 4.42 Å². The number of hydrogen-bond acceptors (Lipinski definition) is 5. The fourth-order valence-corrected chi connectivity index (χ4v) is 4.53. The quantitative estimate of drug-likeness (QED) is 0.666. The van der Waals surface area contributed by atoms with Gasteiger partial charge in [0.25, 0.3) is 5.91 Å². The number of nitrogens with one attached hydrogen (secondary N) is 1. The Hall–Kier alpha value is -2.45. The van der Waals surface area contributed by atoms with Gasteiger partial charge in [-0.2, -0.15) is 0 Å². The van der Waals surface area contributed by atoms with Gasteiger partial charge in [-0.15, -0.1) is 11.3 Å². The van der Waals surface area contributed by atoms with Gasteiger partial charge >= 0.3 is 0 Å². The highest BCUT2D eigenvalue weighted by Crippen LogP contribution is 2.29. The molecule has 3 aromatic rings. The molecule has 0 saturated heterocycles. The second-order valence-corrected chi connectivity index (χ2v) is 8.27. The van der Waals surface area contributed by atoms with Crippen molar-refractivity contribution in [2.75, 3.05) is 6.54 Å². The van der Waals surface area contributed by atoms with Crippen LogP contribution in [0, 0.1) is 5.82 Å². The molecule has 0 unspecified atom stereocenters. The standard InChI is InChI=1S/C17H14FNO4S2/c18-12-5-7-13(8-6-12)25(21,22)16(14-3-1-9-23-14)11-19-17(20)15-4-2-10-24-15/h1-10,16H,11H2,(H,19,20)/t16-/m1/s1. The monoisotopic (exact) mass is 379 g/mol. The van der Waals surface area contributed by atoms with Gasteiger partial charge in [0.1, 0.15) is 16.8 Å². The summed E-state index contributed by atoms with van der Waals surface area (Å²) in [4.78, 5) is 12.6. The second-order valence-electron chi connectivity index (χ2n) is 5.19. The lowest BCUT2D eigenvalue weighted by atomic mass is 10.3. The molecule has 3 rings (SSSR count). The number of hydrogen-bond donors (Lipinski definition) is 1. The van der Waals surface area contributed by atoms with Gasteiger partial charge in [-0.25, -0.2) is 12.8 Å². The van der Waals surface area contributed by atoms with Crippen molar-refractivity contribution >= 4 is 27.1 Å². The minimum atomic E-state index is -3.88. The summed E-state index contributed by atoms with van der Waals surface area (Å²) in [6.07, 6.45) is 1.36. The fraction of sp³-hybridized carbons (Fsp3) is 0.118. The highest BCUT2D eigenvalue weighted by molar-refractivity contribution is 7.91. The molecule has 8 heteroatoms. The first-order chi connectivity index (χ1) is 12.0. The van der Waals surface area contributed by atoms with Crippen molar-refractivity contribution in [2.45, 2.75) is 10.1 Å². The van der Waals surface area contributed by atoms with Crippen molar-refractivity contribution in [3.05, 3.63) is 76.6 Å². The van der Waals surface area contributed by atoms with E-state index in [-0.39, 0.29) is 23.1 Å². The number of benzene rings is 1. The van der Waals surface area contributed by atoms with Crippen LogP contribution in [0.25, 0.3) is 0 Å². The van der Waals surface area contributed by atoms with Crippen LogP contribution < -0.4 is 5.32 Å². The summed E-state index contributed by atoms with van der Waals surface area (Å²) in [6.45, 7) is -0.163. The van der Waals surface area contributed by atoms with Crippen LogP contribution in [-0.4, -0.2) is 20.9 Å². The molecule has 0 aliphatic heterocycles. The molecule has 0 spiro atoms. The van der Waals surface area contributed by atoms with Crippen LogP contribution in [0.1, 0.15) is 20.7 Å². The van der Waals surface area contributed by atoms with E-state index in [1.54, 1.807) is 23.6 Å². The molecule has 0 bridgehead atoms. The summed E-state index contributed by atoms with van der Waals surface area (Å²) in [5, 5.41) is 3.26. The van der Waals surface area contributed by atoms with Gasteiger partial charge in [-0.05, 0) is 47.8 Å². The van der Waals surface area contributed by atoms with E-state index >= 15 is 0 Å². The Morgan fingerprint density at radius 2 is 1.92 bits per heavy atom. The Morgan fingerprint density at radius 1 is 1.16 bits per heavy atom. The second kappa shape index (κ2) is 7.20. The van der Waals surface area contributed by atoms with Crippen LogP contribution in [0.2, 0.25) is 0 Å². The molecule has 0 saturated carbocycles. The summed E-state index contributed by atoms with van der Waals surface area (Å²) in [7, 11) is -3.88. The third-order valence-electron chi connectivity index (χ3n) is 3.57. The molecule has 1 N–H and O–H groups in total. The Balaban J connectivity index is 1.87. The number of sulfone groups is 1. The van der Waals surface area contributed by atoms with Gasteiger partial charge in [0.2, 0.25) is 0 Å². The minimum Gasteiger partial charge on any atom is -0.468 e. The van der Waals surface area contributed by atoms with Crippen LogP contribution >= 0.6 is 11.3 Å². The summed E-state index contributed by atoms with van der Waals surface area (Å²) in [5.74, 6) is -0.684. The third-order valence-corrected chi connectivity index (χ3v) is 6.52. The van der Waals surface area contributed by atoms with Gasteiger partial charge in [-0.1, -0.05) is 6.07 Å². The van der Waals surface area contributed by atoms with Crippen molar-refractivity contribution in [3.8, 4) is 0 Å². The summed E-state index contributed by atoms with van der Waals surface area (Å²) in [5.41, 5.74) is 0. The normalized spacial score (nSPS) is 12.7. The van der Waals surface area contributed by atoms with E-state index in [1.165, 1.54) is 35.8 Å².